The van der Waals surface area contributed by atoms with Crippen LogP contribution in [0.5, 0.6) is 0 Å². The standard InChI is InChI=1S/C16H16ClF3N2O3S2/c1-2-3-14(23)21-15-22(12-7-27(24,25)8-13(12)26-15)9-4-5-11(17)10(6-9)16(18,19)20/h4-6,12-13H,2-3,7-8H2,1H3/t12-,13+/m0/s1. The molecule has 0 bridgehead atoms. The van der Waals surface area contributed by atoms with Gasteiger partial charge in [0.15, 0.2) is 15.0 Å². The van der Waals surface area contributed by atoms with E-state index in [-0.39, 0.29) is 34.0 Å². The first-order valence-corrected chi connectivity index (χ1v) is 11.2. The van der Waals surface area contributed by atoms with Crippen LogP contribution in [0.3, 0.4) is 0 Å². The average Bonchev–Trinajstić information content (AvgIpc) is 2.98. The fourth-order valence-corrected chi connectivity index (χ4v) is 7.28. The summed E-state index contributed by atoms with van der Waals surface area (Å²) in [5.74, 6) is -0.687. The Morgan fingerprint density at radius 2 is 2.07 bits per heavy atom. The maximum atomic E-state index is 13.2. The van der Waals surface area contributed by atoms with Gasteiger partial charge in [0.2, 0.25) is 5.91 Å². The molecule has 2 heterocycles. The predicted octanol–water partition coefficient (Wildman–Crippen LogP) is 3.76. The van der Waals surface area contributed by atoms with E-state index in [4.69, 9.17) is 11.6 Å². The molecule has 0 aliphatic carbocycles. The first kappa shape index (κ1) is 20.5. The van der Waals surface area contributed by atoms with Gasteiger partial charge in [-0.25, -0.2) is 8.42 Å². The number of thioether (sulfide) groups is 1. The highest BCUT2D eigenvalue weighted by atomic mass is 35.5. The summed E-state index contributed by atoms with van der Waals surface area (Å²) in [6.07, 6.45) is -3.86. The lowest BCUT2D eigenvalue weighted by Gasteiger charge is -2.25. The smallest absolute Gasteiger partial charge is 0.316 e. The second kappa shape index (κ2) is 7.29. The van der Waals surface area contributed by atoms with Crippen molar-refractivity contribution in [3.63, 3.8) is 0 Å². The lowest BCUT2D eigenvalue weighted by molar-refractivity contribution is -0.137. The van der Waals surface area contributed by atoms with E-state index in [1.165, 1.54) is 11.0 Å². The van der Waals surface area contributed by atoms with Crippen molar-refractivity contribution in [3.8, 4) is 0 Å². The molecule has 148 valence electrons. The lowest BCUT2D eigenvalue weighted by Crippen LogP contribution is -2.37. The maximum absolute atomic E-state index is 13.2. The third-order valence-corrected chi connectivity index (χ3v) is 7.82. The molecule has 1 aromatic carbocycles. The highest BCUT2D eigenvalue weighted by Crippen LogP contribution is 2.43. The third-order valence-electron chi connectivity index (χ3n) is 4.28. The van der Waals surface area contributed by atoms with Gasteiger partial charge < -0.3 is 4.90 Å². The summed E-state index contributed by atoms with van der Waals surface area (Å²) < 4.78 is 63.6. The van der Waals surface area contributed by atoms with E-state index < -0.39 is 38.5 Å². The molecule has 5 nitrogen and oxygen atoms in total. The Hall–Kier alpha value is -1.26. The summed E-state index contributed by atoms with van der Waals surface area (Å²) in [5, 5.41) is -0.601. The molecule has 11 heteroatoms. The van der Waals surface area contributed by atoms with E-state index >= 15 is 0 Å². The molecular formula is C16H16ClF3N2O3S2. The molecule has 1 amide bonds. The van der Waals surface area contributed by atoms with Crippen molar-refractivity contribution >= 4 is 50.0 Å². The number of sulfone groups is 1. The third kappa shape index (κ3) is 4.27. The van der Waals surface area contributed by atoms with E-state index in [2.05, 4.69) is 4.99 Å². The number of benzene rings is 1. The largest absolute Gasteiger partial charge is 0.417 e. The van der Waals surface area contributed by atoms with Crippen LogP contribution in [0.1, 0.15) is 25.3 Å². The number of amides is 1. The molecule has 0 N–H and O–H groups in total. The number of alkyl halides is 3. The minimum Gasteiger partial charge on any atom is -0.316 e. The first-order valence-electron chi connectivity index (χ1n) is 8.16. The van der Waals surface area contributed by atoms with Crippen LogP contribution in [0.25, 0.3) is 0 Å². The van der Waals surface area contributed by atoms with Crippen LogP contribution in [0.2, 0.25) is 5.02 Å². The molecule has 27 heavy (non-hydrogen) atoms. The molecule has 0 saturated carbocycles. The number of aliphatic imine (C=N–C) groups is 1. The Bertz CT molecular complexity index is 903. The second-order valence-electron chi connectivity index (χ2n) is 6.37. The molecule has 2 aliphatic heterocycles. The number of anilines is 1. The van der Waals surface area contributed by atoms with Crippen molar-refractivity contribution < 1.29 is 26.4 Å². The molecule has 3 rings (SSSR count). The fourth-order valence-electron chi connectivity index (χ4n) is 3.12. The Labute approximate surface area is 163 Å². The van der Waals surface area contributed by atoms with Crippen LogP contribution >= 0.6 is 23.4 Å². The summed E-state index contributed by atoms with van der Waals surface area (Å²) in [7, 11) is -3.31. The summed E-state index contributed by atoms with van der Waals surface area (Å²) in [5.41, 5.74) is -0.901. The normalized spacial score (nSPS) is 25.8. The van der Waals surface area contributed by atoms with Crippen molar-refractivity contribution in [1.82, 2.24) is 0 Å². The molecule has 2 saturated heterocycles. The Balaban J connectivity index is 2.06. The number of fused-ring (bicyclic) bond motifs is 1. The van der Waals surface area contributed by atoms with Gasteiger partial charge in [0.25, 0.3) is 0 Å². The van der Waals surface area contributed by atoms with E-state index in [0.29, 0.717) is 6.42 Å². The van der Waals surface area contributed by atoms with Gasteiger partial charge in [-0.3, -0.25) is 4.79 Å². The van der Waals surface area contributed by atoms with E-state index in [1.54, 1.807) is 0 Å². The second-order valence-corrected chi connectivity index (χ2v) is 10.1. The highest BCUT2D eigenvalue weighted by molar-refractivity contribution is 8.16. The van der Waals surface area contributed by atoms with Crippen LogP contribution in [0.15, 0.2) is 23.2 Å². The van der Waals surface area contributed by atoms with E-state index in [9.17, 15) is 26.4 Å². The number of halogens is 4. The van der Waals surface area contributed by atoms with Crippen molar-refractivity contribution in [2.24, 2.45) is 4.99 Å². The summed E-state index contributed by atoms with van der Waals surface area (Å²) in [6, 6.07) is 2.80. The first-order chi connectivity index (χ1) is 12.5. The van der Waals surface area contributed by atoms with Crippen LogP contribution in [-0.4, -0.2) is 42.3 Å². The zero-order valence-electron chi connectivity index (χ0n) is 14.2. The van der Waals surface area contributed by atoms with Crippen LogP contribution < -0.4 is 4.90 Å². The molecule has 2 atom stereocenters. The number of carbonyl (C=O) groups is 1. The van der Waals surface area contributed by atoms with Crippen molar-refractivity contribution in [2.75, 3.05) is 16.4 Å². The van der Waals surface area contributed by atoms with Crippen molar-refractivity contribution in [1.29, 1.82) is 0 Å². The van der Waals surface area contributed by atoms with Gasteiger partial charge in [-0.1, -0.05) is 30.3 Å². The quantitative estimate of drug-likeness (QED) is 0.716. The number of rotatable bonds is 3. The topological polar surface area (TPSA) is 66.8 Å². The van der Waals surface area contributed by atoms with Gasteiger partial charge in [-0.05, 0) is 24.6 Å². The minimum atomic E-state index is -4.66. The van der Waals surface area contributed by atoms with Crippen LogP contribution in [-0.2, 0) is 20.8 Å². The minimum absolute atomic E-state index is 0.0977. The van der Waals surface area contributed by atoms with Gasteiger partial charge >= 0.3 is 6.18 Å². The Kier molecular flexibility index (Phi) is 5.53. The average molecular weight is 441 g/mol. The molecule has 0 aromatic heterocycles. The maximum Gasteiger partial charge on any atom is 0.417 e. The number of carbonyl (C=O) groups excluding carboxylic acids is 1. The zero-order chi connectivity index (χ0) is 20.0. The fraction of sp³-hybridized carbons (Fsp3) is 0.500. The van der Waals surface area contributed by atoms with E-state index in [1.807, 2.05) is 6.92 Å². The molecule has 0 unspecified atom stereocenters. The van der Waals surface area contributed by atoms with Crippen LogP contribution in [0.4, 0.5) is 18.9 Å². The molecule has 2 aliphatic rings. The monoisotopic (exact) mass is 440 g/mol. The molecule has 0 radical (unpaired) electrons. The molecule has 1 aromatic rings. The molecule has 0 spiro atoms. The zero-order valence-corrected chi connectivity index (χ0v) is 16.6. The van der Waals surface area contributed by atoms with Gasteiger partial charge in [0.1, 0.15) is 0 Å². The summed E-state index contributed by atoms with van der Waals surface area (Å²) >= 11 is 6.80. The van der Waals surface area contributed by atoms with Gasteiger partial charge in [0, 0.05) is 17.4 Å². The molecule has 2 fully saturated rings. The van der Waals surface area contributed by atoms with E-state index in [0.717, 1.165) is 23.9 Å². The number of amidine groups is 1. The van der Waals surface area contributed by atoms with Gasteiger partial charge in [-0.2, -0.15) is 18.2 Å². The highest BCUT2D eigenvalue weighted by Gasteiger charge is 2.49. The molecular weight excluding hydrogens is 425 g/mol. The Morgan fingerprint density at radius 3 is 2.70 bits per heavy atom. The van der Waals surface area contributed by atoms with Crippen molar-refractivity contribution in [2.45, 2.75) is 37.2 Å². The Morgan fingerprint density at radius 1 is 1.37 bits per heavy atom. The summed E-state index contributed by atoms with van der Waals surface area (Å²) in [6.45, 7) is 1.81. The number of hydrogen-bond donors (Lipinski definition) is 0. The number of nitrogens with zero attached hydrogens (tertiary/aromatic N) is 2. The number of hydrogen-bond acceptors (Lipinski definition) is 4. The summed E-state index contributed by atoms with van der Waals surface area (Å²) in [4.78, 5) is 17.4. The van der Waals surface area contributed by atoms with Crippen molar-refractivity contribution in [3.05, 3.63) is 28.8 Å². The van der Waals surface area contributed by atoms with Gasteiger partial charge in [-0.15, -0.1) is 0 Å². The predicted molar refractivity (Wildman–Crippen MR) is 100 cm³/mol. The lowest BCUT2D eigenvalue weighted by atomic mass is 10.1. The SMILES string of the molecule is CCCC(=O)N=C1S[C@@H]2CS(=O)(=O)C[C@@H]2N1c1ccc(Cl)c(C(F)(F)F)c1. The van der Waals surface area contributed by atoms with Gasteiger partial charge in [0.05, 0.1) is 28.1 Å². The van der Waals surface area contributed by atoms with Crippen LogP contribution in [0, 0.1) is 0 Å².